The molecule has 2 atom stereocenters. The molecule has 0 aromatic heterocycles. The molecule has 8 heteroatoms. The molecule has 0 saturated carbocycles. The molecule has 0 aliphatic carbocycles. The molecular formula is C21H28N2O5S. The number of methoxy groups -OCH3 is 1. The first-order valence-electron chi connectivity index (χ1n) is 8.98. The molecule has 0 spiro atoms. The van der Waals surface area contributed by atoms with Crippen LogP contribution in [-0.2, 0) is 9.59 Å². The Balaban J connectivity index is 2.24. The lowest BCUT2D eigenvalue weighted by Gasteiger charge is -2.26. The summed E-state index contributed by atoms with van der Waals surface area (Å²) in [5.41, 5.74) is 1.11. The molecule has 0 heterocycles. The topological polar surface area (TPSA) is 108 Å². The molecule has 2 rings (SSSR count). The van der Waals surface area contributed by atoms with Gasteiger partial charge in [-0.1, -0.05) is 12.1 Å². The second kappa shape index (κ2) is 9.78. The maximum atomic E-state index is 12.9. The lowest BCUT2D eigenvalue weighted by atomic mass is 10.1. The number of aliphatic hydroxyl groups is 2. The van der Waals surface area contributed by atoms with Crippen LogP contribution in [0.25, 0.3) is 0 Å². The summed E-state index contributed by atoms with van der Waals surface area (Å²) in [6, 6.07) is 13.2. The van der Waals surface area contributed by atoms with E-state index in [0.717, 1.165) is 0 Å². The Morgan fingerprint density at radius 2 is 1.59 bits per heavy atom. The van der Waals surface area contributed by atoms with Gasteiger partial charge in [0.1, 0.15) is 11.8 Å². The molecule has 2 amide bonds. The van der Waals surface area contributed by atoms with Crippen molar-refractivity contribution in [2.24, 2.45) is 0 Å². The molecule has 0 bridgehead atoms. The average molecular weight is 421 g/mol. The van der Waals surface area contributed by atoms with Gasteiger partial charge in [0.25, 0.3) is 11.8 Å². The van der Waals surface area contributed by atoms with Crippen molar-refractivity contribution in [2.75, 3.05) is 37.8 Å². The minimum atomic E-state index is -1.61. The van der Waals surface area contributed by atoms with Gasteiger partial charge in [0.15, 0.2) is 6.10 Å². The normalized spacial score (nSPS) is 13.9. The fourth-order valence-electron chi connectivity index (χ4n) is 2.58. The number of anilines is 1. The summed E-state index contributed by atoms with van der Waals surface area (Å²) in [5, 5.41) is 23.8. The van der Waals surface area contributed by atoms with E-state index < -0.39 is 40.6 Å². The predicted molar refractivity (Wildman–Crippen MR) is 116 cm³/mol. The quantitative estimate of drug-likeness (QED) is 0.522. The van der Waals surface area contributed by atoms with Gasteiger partial charge in [0.2, 0.25) is 0 Å². The van der Waals surface area contributed by atoms with Crippen LogP contribution in [0.15, 0.2) is 53.4 Å². The maximum absolute atomic E-state index is 12.9. The van der Waals surface area contributed by atoms with Crippen molar-refractivity contribution >= 4 is 27.5 Å². The Hall–Kier alpha value is -2.55. The summed E-state index contributed by atoms with van der Waals surface area (Å²) >= 11 is 0. The third kappa shape index (κ3) is 6.22. The highest BCUT2D eigenvalue weighted by molar-refractivity contribution is 8.32. The molecular weight excluding hydrogens is 392 g/mol. The summed E-state index contributed by atoms with van der Waals surface area (Å²) in [5.74, 6) is -0.699. The number of ether oxygens (including phenoxy) is 1. The predicted octanol–water partition coefficient (Wildman–Crippen LogP) is 1.90. The molecule has 2 aromatic carbocycles. The first-order valence-corrected chi connectivity index (χ1v) is 11.8. The highest BCUT2D eigenvalue weighted by atomic mass is 32.3. The van der Waals surface area contributed by atoms with Gasteiger partial charge in [0, 0.05) is 5.69 Å². The Morgan fingerprint density at radius 3 is 2.07 bits per heavy atom. The van der Waals surface area contributed by atoms with Crippen LogP contribution in [0.3, 0.4) is 0 Å². The van der Waals surface area contributed by atoms with E-state index in [1.54, 1.807) is 24.3 Å². The SMILES string of the molecule is COc1ccc(C(NC(=O)C(O)CO)C(=O)Nc2ccc(S(C)(C)C)cc2)cc1. The second-order valence-electron chi connectivity index (χ2n) is 7.26. The van der Waals surface area contributed by atoms with Crippen LogP contribution in [0.5, 0.6) is 5.75 Å². The van der Waals surface area contributed by atoms with E-state index >= 15 is 0 Å². The molecule has 0 fully saturated rings. The molecule has 2 aromatic rings. The fourth-order valence-corrected chi connectivity index (χ4v) is 3.53. The summed E-state index contributed by atoms with van der Waals surface area (Å²) in [7, 11) is 0.654. The largest absolute Gasteiger partial charge is 0.497 e. The average Bonchev–Trinajstić information content (AvgIpc) is 2.71. The zero-order valence-electron chi connectivity index (χ0n) is 17.0. The molecule has 0 aliphatic heterocycles. The van der Waals surface area contributed by atoms with Crippen molar-refractivity contribution < 1.29 is 24.5 Å². The summed E-state index contributed by atoms with van der Waals surface area (Å²) in [6.45, 7) is -0.737. The minimum Gasteiger partial charge on any atom is -0.497 e. The van der Waals surface area contributed by atoms with Crippen LogP contribution in [0.2, 0.25) is 0 Å². The number of hydrogen-bond acceptors (Lipinski definition) is 5. The van der Waals surface area contributed by atoms with Crippen LogP contribution in [0, 0.1) is 0 Å². The first kappa shape index (κ1) is 22.7. The third-order valence-electron chi connectivity index (χ3n) is 4.30. The van der Waals surface area contributed by atoms with E-state index in [4.69, 9.17) is 9.84 Å². The van der Waals surface area contributed by atoms with Gasteiger partial charge < -0.3 is 25.6 Å². The Kier molecular flexibility index (Phi) is 7.66. The number of carbonyl (C=O) groups excluding carboxylic acids is 2. The molecule has 0 aliphatic rings. The molecule has 158 valence electrons. The summed E-state index contributed by atoms with van der Waals surface area (Å²) < 4.78 is 5.12. The van der Waals surface area contributed by atoms with Crippen molar-refractivity contribution in [3.05, 3.63) is 54.1 Å². The van der Waals surface area contributed by atoms with E-state index in [2.05, 4.69) is 29.4 Å². The highest BCUT2D eigenvalue weighted by Gasteiger charge is 2.26. The Labute approximate surface area is 172 Å². The molecule has 0 radical (unpaired) electrons. The van der Waals surface area contributed by atoms with Gasteiger partial charge in [-0.05, 0) is 65.6 Å². The molecule has 2 unspecified atom stereocenters. The zero-order chi connectivity index (χ0) is 21.6. The van der Waals surface area contributed by atoms with E-state index in [0.29, 0.717) is 17.0 Å². The lowest BCUT2D eigenvalue weighted by molar-refractivity contribution is -0.134. The van der Waals surface area contributed by atoms with Crippen molar-refractivity contribution in [3.8, 4) is 5.75 Å². The second-order valence-corrected chi connectivity index (χ2v) is 11.4. The van der Waals surface area contributed by atoms with Crippen LogP contribution in [0.1, 0.15) is 11.6 Å². The fraction of sp³-hybridized carbons (Fsp3) is 0.333. The smallest absolute Gasteiger partial charge is 0.252 e. The minimum absolute atomic E-state index is 0.468. The summed E-state index contributed by atoms with van der Waals surface area (Å²) in [6.07, 6.45) is 4.94. The molecule has 0 saturated heterocycles. The maximum Gasteiger partial charge on any atom is 0.252 e. The van der Waals surface area contributed by atoms with Gasteiger partial charge in [0.05, 0.1) is 13.7 Å². The van der Waals surface area contributed by atoms with E-state index in [1.165, 1.54) is 12.0 Å². The number of carbonyl (C=O) groups is 2. The van der Waals surface area contributed by atoms with E-state index in [-0.39, 0.29) is 0 Å². The van der Waals surface area contributed by atoms with Crippen molar-refractivity contribution in [2.45, 2.75) is 17.0 Å². The van der Waals surface area contributed by atoms with Crippen LogP contribution >= 0.6 is 10.0 Å². The summed E-state index contributed by atoms with van der Waals surface area (Å²) in [4.78, 5) is 26.2. The van der Waals surface area contributed by atoms with Crippen molar-refractivity contribution in [1.82, 2.24) is 5.32 Å². The molecule has 29 heavy (non-hydrogen) atoms. The zero-order valence-corrected chi connectivity index (χ0v) is 17.8. The Bertz CT molecular complexity index is 832. The number of amides is 2. The van der Waals surface area contributed by atoms with Gasteiger partial charge in [-0.15, -0.1) is 0 Å². The van der Waals surface area contributed by atoms with E-state index in [1.807, 2.05) is 24.3 Å². The third-order valence-corrected chi connectivity index (χ3v) is 5.99. The Morgan fingerprint density at radius 1 is 1.00 bits per heavy atom. The number of nitrogens with one attached hydrogen (secondary N) is 2. The molecule has 4 N–H and O–H groups in total. The first-order chi connectivity index (χ1) is 13.7. The number of rotatable bonds is 8. The van der Waals surface area contributed by atoms with Crippen molar-refractivity contribution in [3.63, 3.8) is 0 Å². The van der Waals surface area contributed by atoms with Gasteiger partial charge in [-0.2, -0.15) is 0 Å². The van der Waals surface area contributed by atoms with Gasteiger partial charge >= 0.3 is 0 Å². The highest BCUT2D eigenvalue weighted by Crippen LogP contribution is 2.45. The number of aliphatic hydroxyl groups excluding tert-OH is 2. The van der Waals surface area contributed by atoms with Crippen LogP contribution in [-0.4, -0.2) is 60.6 Å². The number of hydrogen-bond donors (Lipinski definition) is 4. The standard InChI is InChI=1S/C21H28N2O5S/c1-28-16-9-5-14(6-10-16)19(23-20(26)18(25)13-24)21(27)22-15-7-11-17(12-8-15)29(2,3)4/h5-12,18-19,24-25H,13H2,1-4H3,(H,22,27)(H,23,26). The monoisotopic (exact) mass is 420 g/mol. The lowest BCUT2D eigenvalue weighted by Crippen LogP contribution is -2.43. The van der Waals surface area contributed by atoms with Gasteiger partial charge in [-0.25, -0.2) is 10.0 Å². The van der Waals surface area contributed by atoms with Crippen LogP contribution < -0.4 is 15.4 Å². The van der Waals surface area contributed by atoms with Gasteiger partial charge in [-0.3, -0.25) is 9.59 Å². The number of benzene rings is 2. The van der Waals surface area contributed by atoms with Crippen molar-refractivity contribution in [1.29, 1.82) is 0 Å². The van der Waals surface area contributed by atoms with E-state index in [9.17, 15) is 14.7 Å². The van der Waals surface area contributed by atoms with Crippen LogP contribution in [0.4, 0.5) is 5.69 Å². The molecule has 7 nitrogen and oxygen atoms in total.